The third-order valence-corrected chi connectivity index (χ3v) is 2.37. The molecule has 0 aliphatic carbocycles. The Morgan fingerprint density at radius 2 is 1.92 bits per heavy atom. The number of piperidine rings is 1. The maximum Gasteiger partial charge on any atom is 0.288 e. The van der Waals surface area contributed by atoms with Gasteiger partial charge in [-0.1, -0.05) is 0 Å². The van der Waals surface area contributed by atoms with E-state index in [1.165, 1.54) is 0 Å². The molecule has 0 bridgehead atoms. The van der Waals surface area contributed by atoms with Crippen molar-refractivity contribution in [2.45, 2.75) is 24.4 Å². The van der Waals surface area contributed by atoms with Gasteiger partial charge in [0.15, 0.2) is 0 Å². The van der Waals surface area contributed by atoms with Crippen molar-refractivity contribution in [2.24, 2.45) is 5.73 Å². The molecule has 0 spiro atoms. The molecule has 1 rings (SSSR count). The molecule has 1 heterocycles. The topological polar surface area (TPSA) is 58.3 Å². The molecule has 72 valence electrons. The van der Waals surface area contributed by atoms with Crippen molar-refractivity contribution in [1.82, 2.24) is 5.32 Å². The van der Waals surface area contributed by atoms with Gasteiger partial charge in [0.2, 0.25) is 0 Å². The normalized spacial score (nSPS) is 24.0. The van der Waals surface area contributed by atoms with Crippen LogP contribution in [0.5, 0.6) is 0 Å². The van der Waals surface area contributed by atoms with Crippen LogP contribution >= 0.6 is 0 Å². The minimum absolute atomic E-state index is 0.0667. The van der Waals surface area contributed by atoms with Crippen LogP contribution in [0.25, 0.3) is 0 Å². The van der Waals surface area contributed by atoms with Crippen LogP contribution in [0.1, 0.15) is 12.8 Å². The van der Waals surface area contributed by atoms with E-state index in [0.29, 0.717) is 13.1 Å². The summed E-state index contributed by atoms with van der Waals surface area (Å²) in [6.07, 6.45) is 0.133. The van der Waals surface area contributed by atoms with Crippen LogP contribution in [-0.2, 0) is 0 Å². The number of nitrogens with one attached hydrogen (secondary N) is 1. The van der Waals surface area contributed by atoms with Crippen LogP contribution in [0.2, 0.25) is 0 Å². The number of hydrogen-bond acceptors (Lipinski definition) is 3. The third-order valence-electron chi connectivity index (χ3n) is 2.37. The number of hydrogen-bond donors (Lipinski definition) is 3. The summed E-state index contributed by atoms with van der Waals surface area (Å²) in [5, 5.41) is 12.4. The fourth-order valence-electron chi connectivity index (χ4n) is 1.40. The van der Waals surface area contributed by atoms with Crippen molar-refractivity contribution in [1.29, 1.82) is 0 Å². The fourth-order valence-corrected chi connectivity index (χ4v) is 1.40. The molecular weight excluding hydrogens is 166 g/mol. The molecule has 5 heteroatoms. The Hall–Kier alpha value is -0.260. The van der Waals surface area contributed by atoms with Crippen molar-refractivity contribution < 1.29 is 13.9 Å². The highest BCUT2D eigenvalue weighted by atomic mass is 19.3. The summed E-state index contributed by atoms with van der Waals surface area (Å²) >= 11 is 0. The lowest BCUT2D eigenvalue weighted by molar-refractivity contribution is -0.185. The maximum atomic E-state index is 13.0. The van der Waals surface area contributed by atoms with Crippen LogP contribution in [0.3, 0.4) is 0 Å². The van der Waals surface area contributed by atoms with Crippen molar-refractivity contribution in [3.8, 4) is 0 Å². The van der Waals surface area contributed by atoms with Crippen molar-refractivity contribution >= 4 is 0 Å². The Kier molecular flexibility index (Phi) is 2.65. The summed E-state index contributed by atoms with van der Waals surface area (Å²) < 4.78 is 26.0. The third kappa shape index (κ3) is 1.57. The molecule has 12 heavy (non-hydrogen) atoms. The molecule has 3 nitrogen and oxygen atoms in total. The molecule has 1 aliphatic rings. The second-order valence-electron chi connectivity index (χ2n) is 3.19. The quantitative estimate of drug-likeness (QED) is 0.546. The Labute approximate surface area is 69.9 Å². The lowest BCUT2D eigenvalue weighted by atomic mass is 9.86. The number of nitrogens with two attached hydrogens (primary N) is 1. The van der Waals surface area contributed by atoms with Gasteiger partial charge in [0.1, 0.15) is 5.60 Å². The van der Waals surface area contributed by atoms with E-state index in [1.807, 2.05) is 0 Å². The molecule has 0 atom stereocenters. The van der Waals surface area contributed by atoms with Gasteiger partial charge in [0, 0.05) is 0 Å². The minimum atomic E-state index is -3.16. The molecule has 0 aromatic carbocycles. The summed E-state index contributed by atoms with van der Waals surface area (Å²) in [6.45, 7) is 0.0572. The SMILES string of the molecule is NCC(F)(F)C1(O)CCNCC1. The number of rotatable bonds is 2. The fraction of sp³-hybridized carbons (Fsp3) is 1.00. The van der Waals surface area contributed by atoms with Gasteiger partial charge in [-0.05, 0) is 25.9 Å². The van der Waals surface area contributed by atoms with Gasteiger partial charge in [-0.2, -0.15) is 0 Å². The zero-order valence-corrected chi connectivity index (χ0v) is 6.82. The lowest BCUT2D eigenvalue weighted by Crippen LogP contribution is -2.57. The van der Waals surface area contributed by atoms with Gasteiger partial charge in [-0.25, -0.2) is 8.78 Å². The molecular formula is C7H14F2N2O. The van der Waals surface area contributed by atoms with E-state index >= 15 is 0 Å². The molecule has 0 amide bonds. The summed E-state index contributed by atoms with van der Waals surface area (Å²) in [6, 6.07) is 0. The minimum Gasteiger partial charge on any atom is -0.383 e. The summed E-state index contributed by atoms with van der Waals surface area (Å²) in [5.41, 5.74) is 3.00. The van der Waals surface area contributed by atoms with Crippen molar-refractivity contribution in [3.05, 3.63) is 0 Å². The largest absolute Gasteiger partial charge is 0.383 e. The summed E-state index contributed by atoms with van der Waals surface area (Å²) in [5.74, 6) is -3.16. The van der Waals surface area contributed by atoms with Crippen LogP contribution in [-0.4, -0.2) is 36.3 Å². The van der Waals surface area contributed by atoms with E-state index in [1.54, 1.807) is 0 Å². The number of halogens is 2. The summed E-state index contributed by atoms with van der Waals surface area (Å²) in [7, 11) is 0. The molecule has 1 fully saturated rings. The lowest BCUT2D eigenvalue weighted by Gasteiger charge is -2.38. The molecule has 0 unspecified atom stereocenters. The second-order valence-corrected chi connectivity index (χ2v) is 3.19. The summed E-state index contributed by atoms with van der Waals surface area (Å²) in [4.78, 5) is 0. The molecule has 4 N–H and O–H groups in total. The zero-order valence-electron chi connectivity index (χ0n) is 6.82. The Balaban J connectivity index is 2.68. The monoisotopic (exact) mass is 180 g/mol. The Morgan fingerprint density at radius 3 is 2.33 bits per heavy atom. The van der Waals surface area contributed by atoms with E-state index in [9.17, 15) is 13.9 Å². The first-order valence-corrected chi connectivity index (χ1v) is 4.03. The number of aliphatic hydroxyl groups is 1. The van der Waals surface area contributed by atoms with Gasteiger partial charge < -0.3 is 16.2 Å². The van der Waals surface area contributed by atoms with E-state index < -0.39 is 18.1 Å². The van der Waals surface area contributed by atoms with Crippen molar-refractivity contribution in [2.75, 3.05) is 19.6 Å². The zero-order chi connectivity index (χ0) is 9.24. The highest BCUT2D eigenvalue weighted by Crippen LogP contribution is 2.34. The van der Waals surface area contributed by atoms with Crippen LogP contribution in [0.15, 0.2) is 0 Å². The molecule has 1 aliphatic heterocycles. The van der Waals surface area contributed by atoms with Gasteiger partial charge >= 0.3 is 0 Å². The van der Waals surface area contributed by atoms with E-state index in [-0.39, 0.29) is 12.8 Å². The first-order valence-electron chi connectivity index (χ1n) is 4.03. The van der Waals surface area contributed by atoms with Gasteiger partial charge in [0.05, 0.1) is 6.54 Å². The predicted octanol–water partition coefficient (Wildman–Crippen LogP) is -0.305. The Bertz CT molecular complexity index is 157. The Morgan fingerprint density at radius 1 is 1.42 bits per heavy atom. The molecule has 0 aromatic rings. The highest BCUT2D eigenvalue weighted by molar-refractivity contribution is 4.96. The predicted molar refractivity (Wildman–Crippen MR) is 41.1 cm³/mol. The smallest absolute Gasteiger partial charge is 0.288 e. The molecule has 0 radical (unpaired) electrons. The standard InChI is InChI=1S/C7H14F2N2O/c8-7(9,5-10)6(12)1-3-11-4-2-6/h11-12H,1-5,10H2. The van der Waals surface area contributed by atoms with Gasteiger partial charge in [-0.15, -0.1) is 0 Å². The van der Waals surface area contributed by atoms with Gasteiger partial charge in [-0.3, -0.25) is 0 Å². The van der Waals surface area contributed by atoms with Crippen LogP contribution in [0.4, 0.5) is 8.78 Å². The highest BCUT2D eigenvalue weighted by Gasteiger charge is 2.51. The molecule has 1 saturated heterocycles. The first kappa shape index (κ1) is 9.83. The molecule has 0 saturated carbocycles. The van der Waals surface area contributed by atoms with Gasteiger partial charge in [0.25, 0.3) is 5.92 Å². The van der Waals surface area contributed by atoms with Crippen molar-refractivity contribution in [3.63, 3.8) is 0 Å². The number of alkyl halides is 2. The van der Waals surface area contributed by atoms with Crippen LogP contribution in [0, 0.1) is 0 Å². The average molecular weight is 180 g/mol. The average Bonchev–Trinajstić information content (AvgIpc) is 2.06. The second kappa shape index (κ2) is 3.24. The first-order chi connectivity index (χ1) is 5.52. The van der Waals surface area contributed by atoms with E-state index in [0.717, 1.165) is 0 Å². The van der Waals surface area contributed by atoms with E-state index in [4.69, 9.17) is 5.73 Å². The van der Waals surface area contributed by atoms with E-state index in [2.05, 4.69) is 5.32 Å². The van der Waals surface area contributed by atoms with Crippen LogP contribution < -0.4 is 11.1 Å². The maximum absolute atomic E-state index is 13.0. The molecule has 0 aromatic heterocycles.